The molecule has 2 aromatic rings. The van der Waals surface area contributed by atoms with Crippen LogP contribution in [0.1, 0.15) is 5.69 Å². The molecule has 0 spiro atoms. The molecule has 0 amide bonds. The second kappa shape index (κ2) is 3.10. The lowest BCUT2D eigenvalue weighted by Crippen LogP contribution is -1.96. The number of aryl methyl sites for hydroxylation is 1. The van der Waals surface area contributed by atoms with Crippen molar-refractivity contribution >= 4 is 5.69 Å². The molecule has 0 aliphatic rings. The van der Waals surface area contributed by atoms with Gasteiger partial charge in [-0.05, 0) is 6.92 Å². The predicted octanol–water partition coefficient (Wildman–Crippen LogP) is 1.30. The summed E-state index contributed by atoms with van der Waals surface area (Å²) in [4.78, 5) is 3.72. The molecule has 0 aromatic carbocycles. The first-order chi connectivity index (χ1) is 6.66. The van der Waals surface area contributed by atoms with Gasteiger partial charge in [-0.15, -0.1) is 0 Å². The summed E-state index contributed by atoms with van der Waals surface area (Å²) in [5, 5.41) is 4.11. The van der Waals surface area contributed by atoms with E-state index >= 15 is 0 Å². The van der Waals surface area contributed by atoms with Crippen molar-refractivity contribution in [3.8, 4) is 5.69 Å². The lowest BCUT2D eigenvalue weighted by atomic mass is 10.4. The molecule has 0 aliphatic heterocycles. The molecule has 2 heterocycles. The summed E-state index contributed by atoms with van der Waals surface area (Å²) in [7, 11) is 0. The van der Waals surface area contributed by atoms with Gasteiger partial charge in [0.1, 0.15) is 5.82 Å². The molecule has 2 N–H and O–H groups in total. The zero-order chi connectivity index (χ0) is 10.1. The van der Waals surface area contributed by atoms with Crippen LogP contribution in [0.15, 0.2) is 24.7 Å². The maximum Gasteiger partial charge on any atom is 0.143 e. The molecule has 4 nitrogen and oxygen atoms in total. The van der Waals surface area contributed by atoms with Gasteiger partial charge in [-0.25, -0.2) is 9.07 Å². The highest BCUT2D eigenvalue weighted by Crippen LogP contribution is 2.12. The number of rotatable bonds is 1. The predicted molar refractivity (Wildman–Crippen MR) is 50.5 cm³/mol. The van der Waals surface area contributed by atoms with Crippen molar-refractivity contribution in [2.75, 3.05) is 5.73 Å². The van der Waals surface area contributed by atoms with Crippen LogP contribution >= 0.6 is 0 Å². The Kier molecular flexibility index (Phi) is 1.92. The van der Waals surface area contributed by atoms with Crippen LogP contribution in [0.5, 0.6) is 0 Å². The minimum absolute atomic E-state index is 0.394. The number of aromatic nitrogens is 3. The first kappa shape index (κ1) is 8.68. The molecule has 0 aliphatic carbocycles. The Hall–Kier alpha value is -1.91. The fourth-order valence-electron chi connectivity index (χ4n) is 1.13. The molecule has 0 atom stereocenters. The normalized spacial score (nSPS) is 10.4. The van der Waals surface area contributed by atoms with Crippen LogP contribution < -0.4 is 5.73 Å². The minimum atomic E-state index is -0.394. The molecule has 0 radical (unpaired) electrons. The molecule has 2 rings (SSSR count). The van der Waals surface area contributed by atoms with Gasteiger partial charge in [0.05, 0.1) is 35.7 Å². The molecule has 0 bridgehead atoms. The van der Waals surface area contributed by atoms with Crippen LogP contribution in [0, 0.1) is 12.7 Å². The van der Waals surface area contributed by atoms with E-state index in [1.165, 1.54) is 16.9 Å². The monoisotopic (exact) mass is 192 g/mol. The van der Waals surface area contributed by atoms with Crippen molar-refractivity contribution in [1.29, 1.82) is 0 Å². The third kappa shape index (κ3) is 1.44. The summed E-state index contributed by atoms with van der Waals surface area (Å²) in [6, 6.07) is 1.35. The second-order valence-corrected chi connectivity index (χ2v) is 2.98. The van der Waals surface area contributed by atoms with Crippen LogP contribution in [-0.4, -0.2) is 14.8 Å². The highest BCUT2D eigenvalue weighted by molar-refractivity contribution is 5.43. The number of halogens is 1. The molecular formula is C9H9FN4. The maximum atomic E-state index is 12.8. The van der Waals surface area contributed by atoms with Gasteiger partial charge >= 0.3 is 0 Å². The fraction of sp³-hybridized carbons (Fsp3) is 0.111. The smallest absolute Gasteiger partial charge is 0.143 e. The van der Waals surface area contributed by atoms with Gasteiger partial charge in [-0.3, -0.25) is 4.98 Å². The van der Waals surface area contributed by atoms with E-state index in [1.54, 1.807) is 13.1 Å². The standard InChI is InChI=1S/C9H9FN4/c1-6-9(11)5-14(13-6)8-2-7(10)3-12-4-8/h2-5H,11H2,1H3. The number of hydrogen-bond donors (Lipinski definition) is 1. The van der Waals surface area contributed by atoms with E-state index in [2.05, 4.69) is 10.1 Å². The summed E-state index contributed by atoms with van der Waals surface area (Å²) in [5.41, 5.74) is 7.47. The van der Waals surface area contributed by atoms with E-state index in [-0.39, 0.29) is 0 Å². The molecule has 0 fully saturated rings. The van der Waals surface area contributed by atoms with E-state index in [4.69, 9.17) is 5.73 Å². The van der Waals surface area contributed by atoms with Crippen LogP contribution in [0.3, 0.4) is 0 Å². The number of hydrogen-bond acceptors (Lipinski definition) is 3. The molecule has 2 aromatic heterocycles. The van der Waals surface area contributed by atoms with Gasteiger partial charge in [-0.1, -0.05) is 0 Å². The Bertz CT molecular complexity index is 444. The maximum absolute atomic E-state index is 12.8. The van der Waals surface area contributed by atoms with Gasteiger partial charge in [0.2, 0.25) is 0 Å². The first-order valence-electron chi connectivity index (χ1n) is 4.09. The minimum Gasteiger partial charge on any atom is -0.396 e. The quantitative estimate of drug-likeness (QED) is 0.740. The lowest BCUT2D eigenvalue weighted by molar-refractivity contribution is 0.618. The van der Waals surface area contributed by atoms with Crippen molar-refractivity contribution in [2.24, 2.45) is 0 Å². The van der Waals surface area contributed by atoms with E-state index in [0.29, 0.717) is 17.1 Å². The van der Waals surface area contributed by atoms with Crippen molar-refractivity contribution in [2.45, 2.75) is 6.92 Å². The van der Waals surface area contributed by atoms with Crippen molar-refractivity contribution in [3.05, 3.63) is 36.2 Å². The highest BCUT2D eigenvalue weighted by atomic mass is 19.1. The highest BCUT2D eigenvalue weighted by Gasteiger charge is 2.03. The zero-order valence-corrected chi connectivity index (χ0v) is 7.61. The number of pyridine rings is 1. The summed E-state index contributed by atoms with van der Waals surface area (Å²) in [6.07, 6.45) is 4.30. The average molecular weight is 192 g/mol. The SMILES string of the molecule is Cc1nn(-c2cncc(F)c2)cc1N. The Labute approximate surface area is 80.2 Å². The number of nitrogen functional groups attached to an aromatic ring is 1. The van der Waals surface area contributed by atoms with E-state index < -0.39 is 5.82 Å². The summed E-state index contributed by atoms with van der Waals surface area (Å²) >= 11 is 0. The zero-order valence-electron chi connectivity index (χ0n) is 7.61. The van der Waals surface area contributed by atoms with Crippen LogP contribution in [0.4, 0.5) is 10.1 Å². The van der Waals surface area contributed by atoms with Gasteiger partial charge in [-0.2, -0.15) is 5.10 Å². The molecule has 0 saturated carbocycles. The van der Waals surface area contributed by atoms with Gasteiger partial charge in [0, 0.05) is 6.07 Å². The number of anilines is 1. The van der Waals surface area contributed by atoms with Crippen molar-refractivity contribution in [3.63, 3.8) is 0 Å². The molecule has 0 unspecified atom stereocenters. The Morgan fingerprint density at radius 3 is 2.79 bits per heavy atom. The Morgan fingerprint density at radius 1 is 1.43 bits per heavy atom. The Balaban J connectivity index is 2.49. The Morgan fingerprint density at radius 2 is 2.21 bits per heavy atom. The van der Waals surface area contributed by atoms with Crippen molar-refractivity contribution < 1.29 is 4.39 Å². The molecule has 0 saturated heterocycles. The number of nitrogens with two attached hydrogens (primary N) is 1. The van der Waals surface area contributed by atoms with E-state index in [9.17, 15) is 4.39 Å². The summed E-state index contributed by atoms with van der Waals surface area (Å²) in [5.74, 6) is -0.394. The van der Waals surface area contributed by atoms with Crippen LogP contribution in [0.25, 0.3) is 5.69 Å². The largest absolute Gasteiger partial charge is 0.396 e. The van der Waals surface area contributed by atoms with Gasteiger partial charge in [0.15, 0.2) is 0 Å². The topological polar surface area (TPSA) is 56.7 Å². The van der Waals surface area contributed by atoms with Gasteiger partial charge < -0.3 is 5.73 Å². The second-order valence-electron chi connectivity index (χ2n) is 2.98. The lowest BCUT2D eigenvalue weighted by Gasteiger charge is -1.98. The molecule has 14 heavy (non-hydrogen) atoms. The average Bonchev–Trinajstić information content (AvgIpc) is 2.47. The number of nitrogens with zero attached hydrogens (tertiary/aromatic N) is 3. The summed E-state index contributed by atoms with van der Waals surface area (Å²) in [6.45, 7) is 1.79. The molecular weight excluding hydrogens is 183 g/mol. The van der Waals surface area contributed by atoms with Gasteiger partial charge in [0.25, 0.3) is 0 Å². The fourth-order valence-corrected chi connectivity index (χ4v) is 1.13. The van der Waals surface area contributed by atoms with Crippen LogP contribution in [0.2, 0.25) is 0 Å². The molecule has 72 valence electrons. The third-order valence-electron chi connectivity index (χ3n) is 1.89. The first-order valence-corrected chi connectivity index (χ1v) is 4.09. The molecule has 5 heteroatoms. The third-order valence-corrected chi connectivity index (χ3v) is 1.89. The van der Waals surface area contributed by atoms with E-state index in [0.717, 1.165) is 6.20 Å². The van der Waals surface area contributed by atoms with E-state index in [1.807, 2.05) is 0 Å². The van der Waals surface area contributed by atoms with Crippen molar-refractivity contribution in [1.82, 2.24) is 14.8 Å². The van der Waals surface area contributed by atoms with Crippen LogP contribution in [-0.2, 0) is 0 Å². The summed E-state index contributed by atoms with van der Waals surface area (Å²) < 4.78 is 14.3.